The van der Waals surface area contributed by atoms with E-state index in [0.717, 1.165) is 70.3 Å². The number of aliphatic hydroxyl groups is 2. The Hall–Kier alpha value is -1.47. The second-order valence-corrected chi connectivity index (χ2v) is 8.99. The minimum absolute atomic E-state index is 0.137. The van der Waals surface area contributed by atoms with Gasteiger partial charge >= 0.3 is 0 Å². The molecule has 3 aliphatic carbocycles. The van der Waals surface area contributed by atoms with E-state index < -0.39 is 0 Å². The maximum atomic E-state index is 9.48. The minimum Gasteiger partial charge on any atom is -0.396 e. The molecule has 0 bridgehead atoms. The quantitative estimate of drug-likeness (QED) is 0.471. The van der Waals surface area contributed by atoms with Crippen molar-refractivity contribution < 1.29 is 10.2 Å². The molecule has 7 nitrogen and oxygen atoms in total. The SMILES string of the molecule is OCC1(CCNc2nc(NCCC3(CO)CC3)nc(C3CCCC3)n2)CC1. The van der Waals surface area contributed by atoms with Gasteiger partial charge in [0.05, 0.1) is 0 Å². The summed E-state index contributed by atoms with van der Waals surface area (Å²) in [5.41, 5.74) is 0.274. The maximum Gasteiger partial charge on any atom is 0.227 e. The first kappa shape index (κ1) is 18.9. The summed E-state index contributed by atoms with van der Waals surface area (Å²) in [5.74, 6) is 2.63. The number of nitrogens with zero attached hydrogens (tertiary/aromatic N) is 3. The van der Waals surface area contributed by atoms with Gasteiger partial charge < -0.3 is 20.8 Å². The topological polar surface area (TPSA) is 103 Å². The number of hydrogen-bond donors (Lipinski definition) is 4. The standard InChI is InChI=1S/C20H33N5O2/c26-13-19(5-6-19)9-11-21-17-23-16(15-3-1-2-4-15)24-18(25-17)22-12-10-20(14-27)7-8-20/h15,26-27H,1-14H2,(H2,21,22,23,24,25). The molecule has 0 amide bonds. The van der Waals surface area contributed by atoms with Crippen LogP contribution < -0.4 is 10.6 Å². The fraction of sp³-hybridized carbons (Fsp3) is 0.850. The van der Waals surface area contributed by atoms with E-state index in [1.54, 1.807) is 0 Å². The third-order valence-electron chi connectivity index (χ3n) is 6.83. The van der Waals surface area contributed by atoms with Crippen molar-refractivity contribution in [2.45, 2.75) is 70.1 Å². The van der Waals surface area contributed by atoms with Crippen molar-refractivity contribution in [1.82, 2.24) is 15.0 Å². The molecule has 4 rings (SSSR count). The average Bonchev–Trinajstić information content (AvgIpc) is 3.59. The van der Waals surface area contributed by atoms with Crippen LogP contribution in [0.1, 0.15) is 76.0 Å². The van der Waals surface area contributed by atoms with Crippen LogP contribution in [0, 0.1) is 10.8 Å². The van der Waals surface area contributed by atoms with Crippen LogP contribution in [0.4, 0.5) is 11.9 Å². The molecule has 27 heavy (non-hydrogen) atoms. The van der Waals surface area contributed by atoms with Gasteiger partial charge in [-0.05, 0) is 62.2 Å². The number of nitrogens with one attached hydrogen (secondary N) is 2. The number of anilines is 2. The first-order valence-electron chi connectivity index (χ1n) is 10.6. The molecule has 1 aromatic rings. The lowest BCUT2D eigenvalue weighted by atomic mass is 10.0. The highest BCUT2D eigenvalue weighted by Gasteiger charge is 2.41. The lowest BCUT2D eigenvalue weighted by Crippen LogP contribution is -2.18. The van der Waals surface area contributed by atoms with Crippen LogP contribution in [0.3, 0.4) is 0 Å². The molecule has 7 heteroatoms. The summed E-state index contributed by atoms with van der Waals surface area (Å²) in [7, 11) is 0. The van der Waals surface area contributed by atoms with E-state index in [9.17, 15) is 10.2 Å². The van der Waals surface area contributed by atoms with Gasteiger partial charge in [-0.3, -0.25) is 0 Å². The van der Waals surface area contributed by atoms with Gasteiger partial charge in [-0.1, -0.05) is 12.8 Å². The second kappa shape index (κ2) is 7.87. The summed E-state index contributed by atoms with van der Waals surface area (Å²) in [5, 5.41) is 25.7. The molecule has 4 N–H and O–H groups in total. The molecule has 0 radical (unpaired) electrons. The maximum absolute atomic E-state index is 9.48. The number of aromatic nitrogens is 3. The van der Waals surface area contributed by atoms with Gasteiger partial charge in [0, 0.05) is 32.2 Å². The first-order chi connectivity index (χ1) is 13.2. The zero-order valence-corrected chi connectivity index (χ0v) is 16.2. The molecule has 1 heterocycles. The minimum atomic E-state index is 0.137. The molecule has 0 aromatic carbocycles. The van der Waals surface area contributed by atoms with Gasteiger partial charge in [0.2, 0.25) is 11.9 Å². The van der Waals surface area contributed by atoms with Gasteiger partial charge in [0.1, 0.15) is 5.82 Å². The van der Waals surface area contributed by atoms with Gasteiger partial charge in [0.25, 0.3) is 0 Å². The number of rotatable bonds is 11. The predicted molar refractivity (Wildman–Crippen MR) is 105 cm³/mol. The highest BCUT2D eigenvalue weighted by atomic mass is 16.3. The largest absolute Gasteiger partial charge is 0.396 e. The van der Waals surface area contributed by atoms with Crippen LogP contribution in [-0.2, 0) is 0 Å². The van der Waals surface area contributed by atoms with E-state index in [-0.39, 0.29) is 24.0 Å². The van der Waals surface area contributed by atoms with Gasteiger partial charge in [-0.25, -0.2) is 0 Å². The smallest absolute Gasteiger partial charge is 0.227 e. The van der Waals surface area contributed by atoms with Crippen LogP contribution in [0.25, 0.3) is 0 Å². The monoisotopic (exact) mass is 375 g/mol. The molecular formula is C20H33N5O2. The molecule has 3 saturated carbocycles. The van der Waals surface area contributed by atoms with E-state index in [1.807, 2.05) is 0 Å². The van der Waals surface area contributed by atoms with Crippen molar-refractivity contribution >= 4 is 11.9 Å². The summed E-state index contributed by atoms with van der Waals surface area (Å²) >= 11 is 0. The second-order valence-electron chi connectivity index (χ2n) is 8.99. The third kappa shape index (κ3) is 4.69. The van der Waals surface area contributed by atoms with E-state index in [1.165, 1.54) is 12.8 Å². The van der Waals surface area contributed by atoms with Crippen LogP contribution in [0.15, 0.2) is 0 Å². The molecule has 3 fully saturated rings. The Kier molecular flexibility index (Phi) is 5.50. The fourth-order valence-corrected chi connectivity index (χ4v) is 4.12. The molecule has 0 saturated heterocycles. The van der Waals surface area contributed by atoms with Crippen LogP contribution in [-0.4, -0.2) is 51.5 Å². The molecular weight excluding hydrogens is 342 g/mol. The highest BCUT2D eigenvalue weighted by molar-refractivity contribution is 5.35. The van der Waals surface area contributed by atoms with Crippen molar-refractivity contribution in [3.8, 4) is 0 Å². The first-order valence-corrected chi connectivity index (χ1v) is 10.6. The Morgan fingerprint density at radius 2 is 1.26 bits per heavy atom. The van der Waals surface area contributed by atoms with Crippen molar-refractivity contribution in [3.05, 3.63) is 5.82 Å². The summed E-state index contributed by atoms with van der Waals surface area (Å²) < 4.78 is 0. The van der Waals surface area contributed by atoms with E-state index in [0.29, 0.717) is 17.8 Å². The van der Waals surface area contributed by atoms with Crippen molar-refractivity contribution in [2.75, 3.05) is 36.9 Å². The van der Waals surface area contributed by atoms with Crippen molar-refractivity contribution in [2.24, 2.45) is 10.8 Å². The predicted octanol–water partition coefficient (Wildman–Crippen LogP) is 2.68. The summed E-state index contributed by atoms with van der Waals surface area (Å²) in [4.78, 5) is 13.9. The van der Waals surface area contributed by atoms with E-state index in [4.69, 9.17) is 9.97 Å². The van der Waals surface area contributed by atoms with Crippen molar-refractivity contribution in [3.63, 3.8) is 0 Å². The summed E-state index contributed by atoms with van der Waals surface area (Å²) in [6.45, 7) is 2.11. The lowest BCUT2D eigenvalue weighted by Gasteiger charge is -2.16. The third-order valence-corrected chi connectivity index (χ3v) is 6.83. The van der Waals surface area contributed by atoms with E-state index >= 15 is 0 Å². The van der Waals surface area contributed by atoms with Crippen LogP contribution in [0.5, 0.6) is 0 Å². The van der Waals surface area contributed by atoms with E-state index in [2.05, 4.69) is 15.6 Å². The molecule has 0 atom stereocenters. The zero-order valence-electron chi connectivity index (χ0n) is 16.2. The number of aliphatic hydroxyl groups excluding tert-OH is 2. The van der Waals surface area contributed by atoms with Gasteiger partial charge in [-0.15, -0.1) is 0 Å². The average molecular weight is 376 g/mol. The Morgan fingerprint density at radius 1 is 0.778 bits per heavy atom. The molecule has 0 unspecified atom stereocenters. The summed E-state index contributed by atoms with van der Waals surface area (Å²) in [6.07, 6.45) is 11.2. The fourth-order valence-electron chi connectivity index (χ4n) is 4.12. The Labute approximate surface area is 161 Å². The molecule has 3 aliphatic rings. The Morgan fingerprint density at radius 3 is 1.67 bits per heavy atom. The van der Waals surface area contributed by atoms with Crippen LogP contribution >= 0.6 is 0 Å². The molecule has 1 aromatic heterocycles. The number of hydrogen-bond acceptors (Lipinski definition) is 7. The highest BCUT2D eigenvalue weighted by Crippen LogP contribution is 2.48. The Bertz CT molecular complexity index is 595. The zero-order chi connectivity index (χ0) is 18.7. The van der Waals surface area contributed by atoms with Crippen molar-refractivity contribution in [1.29, 1.82) is 0 Å². The van der Waals surface area contributed by atoms with Gasteiger partial charge in [-0.2, -0.15) is 15.0 Å². The van der Waals surface area contributed by atoms with Crippen LogP contribution in [0.2, 0.25) is 0 Å². The summed E-state index contributed by atoms with van der Waals surface area (Å²) in [6, 6.07) is 0. The van der Waals surface area contributed by atoms with Gasteiger partial charge in [0.15, 0.2) is 0 Å². The molecule has 0 spiro atoms. The molecule has 0 aliphatic heterocycles. The lowest BCUT2D eigenvalue weighted by molar-refractivity contribution is 0.206. The Balaban J connectivity index is 1.38. The normalized spacial score (nSPS) is 22.6. The molecule has 150 valence electrons.